The van der Waals surface area contributed by atoms with Gasteiger partial charge in [-0.05, 0) is 38.8 Å². The van der Waals surface area contributed by atoms with Gasteiger partial charge in [0.1, 0.15) is 0 Å². The van der Waals surface area contributed by atoms with E-state index in [1.54, 1.807) is 12.4 Å². The molecule has 0 aliphatic carbocycles. The highest BCUT2D eigenvalue weighted by Gasteiger charge is 2.13. The zero-order valence-corrected chi connectivity index (χ0v) is 12.6. The highest BCUT2D eigenvalue weighted by Crippen LogP contribution is 2.18. The smallest absolute Gasteiger partial charge is 0.0759 e. The molecule has 0 saturated carbocycles. The van der Waals surface area contributed by atoms with E-state index < -0.39 is 0 Å². The fraction of sp³-hybridized carbons (Fsp3) is 0.412. The molecule has 1 aromatic carbocycles. The normalized spacial score (nSPS) is 12.3. The summed E-state index contributed by atoms with van der Waals surface area (Å²) in [5.41, 5.74) is 4.99. The lowest BCUT2D eigenvalue weighted by Gasteiger charge is -2.18. The van der Waals surface area contributed by atoms with Crippen LogP contribution in [0.3, 0.4) is 0 Å². The molecule has 1 atom stereocenters. The number of benzene rings is 1. The van der Waals surface area contributed by atoms with Crippen LogP contribution in [0.5, 0.6) is 0 Å². The van der Waals surface area contributed by atoms with Crippen LogP contribution in [0.4, 0.5) is 0 Å². The Balaban J connectivity index is 2.19. The average Bonchev–Trinajstić information content (AvgIpc) is 2.43. The van der Waals surface area contributed by atoms with E-state index in [9.17, 15) is 0 Å². The highest BCUT2D eigenvalue weighted by molar-refractivity contribution is 5.29. The number of aryl methyl sites for hydroxylation is 2. The van der Waals surface area contributed by atoms with Gasteiger partial charge in [-0.25, -0.2) is 0 Å². The van der Waals surface area contributed by atoms with Gasteiger partial charge >= 0.3 is 0 Å². The summed E-state index contributed by atoms with van der Waals surface area (Å²) in [6.45, 7) is 7.46. The van der Waals surface area contributed by atoms with Crippen LogP contribution < -0.4 is 5.32 Å². The van der Waals surface area contributed by atoms with Gasteiger partial charge in [0.2, 0.25) is 0 Å². The number of rotatable bonds is 6. The molecular formula is C17H23N3. The van der Waals surface area contributed by atoms with Crippen LogP contribution in [-0.4, -0.2) is 16.5 Å². The maximum atomic E-state index is 4.45. The maximum Gasteiger partial charge on any atom is 0.0759 e. The Morgan fingerprint density at radius 1 is 1.10 bits per heavy atom. The Kier molecular flexibility index (Phi) is 5.24. The number of hydrogen-bond acceptors (Lipinski definition) is 3. The van der Waals surface area contributed by atoms with Crippen molar-refractivity contribution in [1.82, 2.24) is 15.3 Å². The number of aromatic nitrogens is 2. The first-order valence-corrected chi connectivity index (χ1v) is 7.25. The lowest BCUT2D eigenvalue weighted by Crippen LogP contribution is -2.25. The van der Waals surface area contributed by atoms with Crippen LogP contribution in [0.2, 0.25) is 0 Å². The molecule has 1 aromatic heterocycles. The zero-order chi connectivity index (χ0) is 14.4. The minimum absolute atomic E-state index is 0.227. The van der Waals surface area contributed by atoms with Gasteiger partial charge in [0.15, 0.2) is 0 Å². The summed E-state index contributed by atoms with van der Waals surface area (Å²) in [5.74, 6) is 0. The standard InChI is InChI=1S/C17H23N3/c1-4-5-19-16(17-12-18-6-7-20-17)11-15-9-13(2)8-14(3)10-15/h6-10,12,16,19H,4-5,11H2,1-3H3. The number of nitrogens with one attached hydrogen (secondary N) is 1. The molecule has 0 saturated heterocycles. The van der Waals surface area contributed by atoms with E-state index in [4.69, 9.17) is 0 Å². The Morgan fingerprint density at radius 2 is 1.85 bits per heavy atom. The van der Waals surface area contributed by atoms with Crippen molar-refractivity contribution in [3.63, 3.8) is 0 Å². The summed E-state index contributed by atoms with van der Waals surface area (Å²) >= 11 is 0. The van der Waals surface area contributed by atoms with Crippen molar-refractivity contribution in [3.05, 3.63) is 59.2 Å². The fourth-order valence-corrected chi connectivity index (χ4v) is 2.51. The highest BCUT2D eigenvalue weighted by atomic mass is 14.9. The van der Waals surface area contributed by atoms with E-state index in [-0.39, 0.29) is 6.04 Å². The number of hydrogen-bond donors (Lipinski definition) is 1. The minimum Gasteiger partial charge on any atom is -0.308 e. The fourth-order valence-electron chi connectivity index (χ4n) is 2.51. The zero-order valence-electron chi connectivity index (χ0n) is 12.6. The summed E-state index contributed by atoms with van der Waals surface area (Å²) in [6.07, 6.45) is 7.40. The summed E-state index contributed by atoms with van der Waals surface area (Å²) in [7, 11) is 0. The van der Waals surface area contributed by atoms with Crippen molar-refractivity contribution < 1.29 is 0 Å². The van der Waals surface area contributed by atoms with Gasteiger partial charge in [-0.2, -0.15) is 0 Å². The topological polar surface area (TPSA) is 37.8 Å². The van der Waals surface area contributed by atoms with E-state index in [0.717, 1.165) is 25.1 Å². The summed E-state index contributed by atoms with van der Waals surface area (Å²) in [5, 5.41) is 3.57. The predicted molar refractivity (Wildman–Crippen MR) is 82.7 cm³/mol. The van der Waals surface area contributed by atoms with Crippen LogP contribution in [-0.2, 0) is 6.42 Å². The molecule has 0 radical (unpaired) electrons. The van der Waals surface area contributed by atoms with E-state index in [0.29, 0.717) is 0 Å². The van der Waals surface area contributed by atoms with Crippen LogP contribution >= 0.6 is 0 Å². The van der Waals surface area contributed by atoms with Gasteiger partial charge in [0.05, 0.1) is 11.7 Å². The predicted octanol–water partition coefficient (Wildman–Crippen LogP) is 3.38. The Morgan fingerprint density at radius 3 is 2.45 bits per heavy atom. The van der Waals surface area contributed by atoms with Crippen molar-refractivity contribution in [2.24, 2.45) is 0 Å². The van der Waals surface area contributed by atoms with Crippen molar-refractivity contribution in [2.75, 3.05) is 6.54 Å². The molecule has 0 aliphatic rings. The Bertz CT molecular complexity index is 517. The number of nitrogens with zero attached hydrogens (tertiary/aromatic N) is 2. The third-order valence-electron chi connectivity index (χ3n) is 3.30. The molecule has 20 heavy (non-hydrogen) atoms. The largest absolute Gasteiger partial charge is 0.308 e. The summed E-state index contributed by atoms with van der Waals surface area (Å²) in [6, 6.07) is 6.94. The average molecular weight is 269 g/mol. The molecule has 0 amide bonds. The van der Waals surface area contributed by atoms with Crippen LogP contribution in [0.1, 0.15) is 41.8 Å². The maximum absolute atomic E-state index is 4.45. The molecule has 1 unspecified atom stereocenters. The molecule has 2 aromatic rings. The van der Waals surface area contributed by atoms with E-state index >= 15 is 0 Å². The lowest BCUT2D eigenvalue weighted by molar-refractivity contribution is 0.516. The molecule has 2 rings (SSSR count). The van der Waals surface area contributed by atoms with Gasteiger partial charge in [-0.15, -0.1) is 0 Å². The monoisotopic (exact) mass is 269 g/mol. The van der Waals surface area contributed by atoms with E-state index in [1.807, 2.05) is 6.20 Å². The quantitative estimate of drug-likeness (QED) is 0.873. The summed E-state index contributed by atoms with van der Waals surface area (Å²) in [4.78, 5) is 8.64. The Labute approximate surface area is 121 Å². The van der Waals surface area contributed by atoms with Gasteiger partial charge in [-0.3, -0.25) is 9.97 Å². The summed E-state index contributed by atoms with van der Waals surface area (Å²) < 4.78 is 0. The second-order valence-electron chi connectivity index (χ2n) is 5.34. The molecule has 0 aliphatic heterocycles. The molecule has 0 bridgehead atoms. The molecule has 3 nitrogen and oxygen atoms in total. The second-order valence-corrected chi connectivity index (χ2v) is 5.34. The van der Waals surface area contributed by atoms with Gasteiger partial charge in [-0.1, -0.05) is 36.2 Å². The van der Waals surface area contributed by atoms with Gasteiger partial charge in [0.25, 0.3) is 0 Å². The first-order chi connectivity index (χ1) is 9.69. The first kappa shape index (κ1) is 14.7. The lowest BCUT2D eigenvalue weighted by atomic mass is 9.99. The third kappa shape index (κ3) is 4.14. The molecular weight excluding hydrogens is 246 g/mol. The van der Waals surface area contributed by atoms with Gasteiger partial charge in [0, 0.05) is 18.6 Å². The minimum atomic E-state index is 0.227. The van der Waals surface area contributed by atoms with Crippen molar-refractivity contribution in [1.29, 1.82) is 0 Å². The molecule has 1 heterocycles. The first-order valence-electron chi connectivity index (χ1n) is 7.25. The second kappa shape index (κ2) is 7.15. The SMILES string of the molecule is CCCNC(Cc1cc(C)cc(C)c1)c1cnccn1. The van der Waals surface area contributed by atoms with Crippen LogP contribution in [0.25, 0.3) is 0 Å². The molecule has 0 spiro atoms. The van der Waals surface area contributed by atoms with Gasteiger partial charge < -0.3 is 5.32 Å². The molecule has 1 N–H and O–H groups in total. The van der Waals surface area contributed by atoms with Crippen molar-refractivity contribution in [2.45, 2.75) is 39.7 Å². The van der Waals surface area contributed by atoms with E-state index in [2.05, 4.69) is 54.3 Å². The molecule has 3 heteroatoms. The van der Waals surface area contributed by atoms with Crippen LogP contribution in [0.15, 0.2) is 36.8 Å². The third-order valence-corrected chi connectivity index (χ3v) is 3.30. The molecule has 106 valence electrons. The van der Waals surface area contributed by atoms with Crippen LogP contribution in [0, 0.1) is 13.8 Å². The van der Waals surface area contributed by atoms with E-state index in [1.165, 1.54) is 16.7 Å². The van der Waals surface area contributed by atoms with Crippen molar-refractivity contribution >= 4 is 0 Å². The van der Waals surface area contributed by atoms with Crippen molar-refractivity contribution in [3.8, 4) is 0 Å². The molecule has 0 fully saturated rings. The Hall–Kier alpha value is -1.74.